The van der Waals surface area contributed by atoms with Gasteiger partial charge in [-0.2, -0.15) is 4.39 Å². The minimum atomic E-state index is -1.08. The number of aromatic hydroxyl groups is 1. The van der Waals surface area contributed by atoms with Crippen LogP contribution in [0.4, 0.5) is 4.39 Å². The van der Waals surface area contributed by atoms with Crippen LogP contribution in [0.25, 0.3) is 0 Å². The molecule has 1 heterocycles. The molecule has 13 heavy (non-hydrogen) atoms. The van der Waals surface area contributed by atoms with E-state index in [9.17, 15) is 9.18 Å². The van der Waals surface area contributed by atoms with Crippen molar-refractivity contribution < 1.29 is 19.0 Å². The van der Waals surface area contributed by atoms with Crippen LogP contribution in [0.3, 0.4) is 0 Å². The molecule has 4 nitrogen and oxygen atoms in total. The molecule has 0 fully saturated rings. The van der Waals surface area contributed by atoms with Gasteiger partial charge in [0.1, 0.15) is 5.56 Å². The predicted molar refractivity (Wildman–Crippen MR) is 41.8 cm³/mol. The van der Waals surface area contributed by atoms with E-state index in [1.54, 1.807) is 6.92 Å². The van der Waals surface area contributed by atoms with E-state index in [2.05, 4.69) is 9.72 Å². The summed E-state index contributed by atoms with van der Waals surface area (Å²) in [5, 5.41) is 9.06. The molecule has 0 aliphatic heterocycles. The highest BCUT2D eigenvalue weighted by Gasteiger charge is 2.15. The summed E-state index contributed by atoms with van der Waals surface area (Å²) < 4.78 is 17.2. The highest BCUT2D eigenvalue weighted by atomic mass is 19.1. The van der Waals surface area contributed by atoms with Crippen molar-refractivity contribution in [1.29, 1.82) is 0 Å². The van der Waals surface area contributed by atoms with E-state index >= 15 is 0 Å². The number of aromatic nitrogens is 1. The highest BCUT2D eigenvalue weighted by molar-refractivity contribution is 5.92. The summed E-state index contributed by atoms with van der Waals surface area (Å²) in [5.41, 5.74) is -0.214. The lowest BCUT2D eigenvalue weighted by molar-refractivity contribution is 0.0521. The number of esters is 1. The zero-order valence-corrected chi connectivity index (χ0v) is 6.95. The van der Waals surface area contributed by atoms with E-state index < -0.39 is 17.7 Å². The lowest BCUT2D eigenvalue weighted by Gasteiger charge is -2.03. The summed E-state index contributed by atoms with van der Waals surface area (Å²) in [7, 11) is 0. The Bertz CT molecular complexity index is 327. The fraction of sp³-hybridized carbons (Fsp3) is 0.250. The molecule has 0 saturated carbocycles. The van der Waals surface area contributed by atoms with Crippen LogP contribution in [0.1, 0.15) is 17.3 Å². The fourth-order valence-corrected chi connectivity index (χ4v) is 0.802. The van der Waals surface area contributed by atoms with Gasteiger partial charge >= 0.3 is 5.97 Å². The Hall–Kier alpha value is -1.65. The third-order valence-electron chi connectivity index (χ3n) is 1.37. The third kappa shape index (κ3) is 1.93. The van der Waals surface area contributed by atoms with E-state index in [1.807, 2.05) is 0 Å². The molecule has 0 atom stereocenters. The summed E-state index contributed by atoms with van der Waals surface area (Å²) >= 11 is 0. The third-order valence-corrected chi connectivity index (χ3v) is 1.37. The Morgan fingerprint density at radius 2 is 2.46 bits per heavy atom. The van der Waals surface area contributed by atoms with Gasteiger partial charge < -0.3 is 9.84 Å². The van der Waals surface area contributed by atoms with Crippen LogP contribution in [-0.2, 0) is 4.74 Å². The van der Waals surface area contributed by atoms with Gasteiger partial charge in [0.25, 0.3) is 5.95 Å². The molecular formula is C8H8FNO3. The molecule has 70 valence electrons. The molecule has 0 radical (unpaired) electrons. The average molecular weight is 185 g/mol. The van der Waals surface area contributed by atoms with Crippen molar-refractivity contribution in [2.45, 2.75) is 6.92 Å². The second-order valence-corrected chi connectivity index (χ2v) is 2.22. The van der Waals surface area contributed by atoms with E-state index in [0.717, 1.165) is 6.20 Å². The zero-order valence-electron chi connectivity index (χ0n) is 6.95. The minimum Gasteiger partial charge on any atom is -0.503 e. The second kappa shape index (κ2) is 3.84. The number of pyridine rings is 1. The lowest BCUT2D eigenvalue weighted by atomic mass is 10.2. The van der Waals surface area contributed by atoms with Gasteiger partial charge in [0.2, 0.25) is 0 Å². The maximum Gasteiger partial charge on any atom is 0.342 e. The second-order valence-electron chi connectivity index (χ2n) is 2.22. The first-order valence-corrected chi connectivity index (χ1v) is 3.67. The standard InChI is InChI=1S/C8H8FNO3/c1-2-13-8(12)5-3-4-10-7(9)6(5)11/h3-4,11H,2H2,1H3. The summed E-state index contributed by atoms with van der Waals surface area (Å²) in [6, 6.07) is 1.19. The molecule has 1 N–H and O–H groups in total. The maximum absolute atomic E-state index is 12.6. The topological polar surface area (TPSA) is 59.4 Å². The van der Waals surface area contributed by atoms with Crippen molar-refractivity contribution in [3.05, 3.63) is 23.8 Å². The molecule has 0 aliphatic rings. The van der Waals surface area contributed by atoms with Crippen LogP contribution >= 0.6 is 0 Å². The van der Waals surface area contributed by atoms with Crippen molar-refractivity contribution in [2.75, 3.05) is 6.61 Å². The first-order chi connectivity index (χ1) is 6.16. The smallest absolute Gasteiger partial charge is 0.342 e. The average Bonchev–Trinajstić information content (AvgIpc) is 2.10. The highest BCUT2D eigenvalue weighted by Crippen LogP contribution is 2.19. The van der Waals surface area contributed by atoms with E-state index in [-0.39, 0.29) is 12.2 Å². The van der Waals surface area contributed by atoms with Gasteiger partial charge in [-0.05, 0) is 13.0 Å². The first-order valence-electron chi connectivity index (χ1n) is 3.67. The zero-order chi connectivity index (χ0) is 9.84. The first kappa shape index (κ1) is 9.44. The van der Waals surface area contributed by atoms with E-state index in [0.29, 0.717) is 0 Å². The monoisotopic (exact) mass is 185 g/mol. The number of hydrogen-bond donors (Lipinski definition) is 1. The Morgan fingerprint density at radius 1 is 1.77 bits per heavy atom. The lowest BCUT2D eigenvalue weighted by Crippen LogP contribution is -2.06. The Labute approximate surface area is 74.0 Å². The van der Waals surface area contributed by atoms with Gasteiger partial charge in [-0.1, -0.05) is 0 Å². The number of ether oxygens (including phenoxy) is 1. The Morgan fingerprint density at radius 3 is 3.08 bits per heavy atom. The normalized spacial score (nSPS) is 9.69. The summed E-state index contributed by atoms with van der Waals surface area (Å²) in [6.07, 6.45) is 1.08. The van der Waals surface area contributed by atoms with Crippen LogP contribution in [-0.4, -0.2) is 22.7 Å². The van der Waals surface area contributed by atoms with Crippen molar-refractivity contribution in [1.82, 2.24) is 4.98 Å². The predicted octanol–water partition coefficient (Wildman–Crippen LogP) is 1.10. The van der Waals surface area contributed by atoms with E-state index in [1.165, 1.54) is 6.07 Å². The molecule has 0 aliphatic carbocycles. The quantitative estimate of drug-likeness (QED) is 0.553. The summed E-state index contributed by atoms with van der Waals surface area (Å²) in [4.78, 5) is 14.2. The number of nitrogens with zero attached hydrogens (tertiary/aromatic N) is 1. The summed E-state index contributed by atoms with van der Waals surface area (Å²) in [6.45, 7) is 1.79. The molecule has 1 rings (SSSR count). The van der Waals surface area contributed by atoms with Crippen molar-refractivity contribution >= 4 is 5.97 Å². The molecule has 0 bridgehead atoms. The van der Waals surface area contributed by atoms with E-state index in [4.69, 9.17) is 5.11 Å². The van der Waals surface area contributed by atoms with Crippen LogP contribution in [0, 0.1) is 5.95 Å². The minimum absolute atomic E-state index is 0.169. The van der Waals surface area contributed by atoms with Crippen LogP contribution < -0.4 is 0 Å². The Kier molecular flexibility index (Phi) is 2.79. The van der Waals surface area contributed by atoms with Gasteiger partial charge in [0, 0.05) is 6.20 Å². The molecule has 5 heteroatoms. The van der Waals surface area contributed by atoms with Crippen molar-refractivity contribution in [3.63, 3.8) is 0 Å². The molecule has 0 saturated heterocycles. The van der Waals surface area contributed by atoms with Crippen molar-refractivity contribution in [3.8, 4) is 5.75 Å². The maximum atomic E-state index is 12.6. The van der Waals surface area contributed by atoms with Crippen LogP contribution in [0.5, 0.6) is 5.75 Å². The van der Waals surface area contributed by atoms with Gasteiger partial charge in [0.15, 0.2) is 5.75 Å². The van der Waals surface area contributed by atoms with Gasteiger partial charge in [-0.3, -0.25) is 0 Å². The fourth-order valence-electron chi connectivity index (χ4n) is 0.802. The van der Waals surface area contributed by atoms with Crippen LogP contribution in [0.15, 0.2) is 12.3 Å². The molecule has 1 aromatic heterocycles. The molecule has 0 spiro atoms. The molecule has 1 aromatic rings. The summed E-state index contributed by atoms with van der Waals surface area (Å²) in [5.74, 6) is -2.62. The number of rotatable bonds is 2. The van der Waals surface area contributed by atoms with Gasteiger partial charge in [-0.25, -0.2) is 9.78 Å². The largest absolute Gasteiger partial charge is 0.503 e. The number of halogens is 1. The molecule has 0 amide bonds. The van der Waals surface area contributed by atoms with Crippen molar-refractivity contribution in [2.24, 2.45) is 0 Å². The Balaban J connectivity index is 3.01. The van der Waals surface area contributed by atoms with Gasteiger partial charge in [-0.15, -0.1) is 0 Å². The molecular weight excluding hydrogens is 177 g/mol. The SMILES string of the molecule is CCOC(=O)c1ccnc(F)c1O. The number of hydrogen-bond acceptors (Lipinski definition) is 4. The van der Waals surface area contributed by atoms with Crippen LogP contribution in [0.2, 0.25) is 0 Å². The number of carbonyl (C=O) groups is 1. The molecule has 0 unspecified atom stereocenters. The molecule has 0 aromatic carbocycles. The number of carbonyl (C=O) groups excluding carboxylic acids is 1. The van der Waals surface area contributed by atoms with Gasteiger partial charge in [0.05, 0.1) is 6.61 Å².